The minimum atomic E-state index is -0.533. The number of aryl methyl sites for hydroxylation is 1. The van der Waals surface area contributed by atoms with Crippen LogP contribution in [0.15, 0.2) is 40.9 Å². The number of hydrogen-bond acceptors (Lipinski definition) is 5. The van der Waals surface area contributed by atoms with Crippen LogP contribution in [0.4, 0.5) is 10.4 Å². The van der Waals surface area contributed by atoms with Gasteiger partial charge in [0.05, 0.1) is 0 Å². The van der Waals surface area contributed by atoms with Crippen molar-refractivity contribution in [3.8, 4) is 11.6 Å². The highest BCUT2D eigenvalue weighted by atomic mass is 19.1. The largest absolute Gasteiger partial charge is 0.401 e. The number of amides is 1. The smallest absolute Gasteiger partial charge is 0.322 e. The molecule has 0 spiro atoms. The van der Waals surface area contributed by atoms with Crippen LogP contribution < -0.4 is 5.32 Å². The lowest BCUT2D eigenvalue weighted by Crippen LogP contribution is -2.12. The number of carbonyl (C=O) groups is 1. The Morgan fingerprint density at radius 1 is 1.33 bits per heavy atom. The number of nitrogens with zero attached hydrogens (tertiary/aromatic N) is 4. The van der Waals surface area contributed by atoms with Crippen molar-refractivity contribution in [2.24, 2.45) is 7.05 Å². The van der Waals surface area contributed by atoms with Gasteiger partial charge in [-0.25, -0.2) is 4.39 Å². The van der Waals surface area contributed by atoms with Gasteiger partial charge in [0.1, 0.15) is 11.5 Å². The SMILES string of the molecule is Cn1nccc1-c1nnc(NC(=O)c2cccc(F)c2)o1. The second kappa shape index (κ2) is 5.16. The van der Waals surface area contributed by atoms with Gasteiger partial charge in [-0.2, -0.15) is 5.10 Å². The van der Waals surface area contributed by atoms with Crippen LogP contribution in [0, 0.1) is 5.82 Å². The van der Waals surface area contributed by atoms with E-state index < -0.39 is 11.7 Å². The Bertz CT molecular complexity index is 795. The maximum absolute atomic E-state index is 13.1. The molecular formula is C13H10FN5O2. The Labute approximate surface area is 118 Å². The van der Waals surface area contributed by atoms with Crippen LogP contribution in [0.2, 0.25) is 0 Å². The maximum atomic E-state index is 13.1. The second-order valence-corrected chi connectivity index (χ2v) is 4.22. The summed E-state index contributed by atoms with van der Waals surface area (Å²) in [6, 6.07) is 6.93. The van der Waals surface area contributed by atoms with E-state index in [1.165, 1.54) is 18.2 Å². The van der Waals surface area contributed by atoms with Crippen molar-refractivity contribution in [1.82, 2.24) is 20.0 Å². The highest BCUT2D eigenvalue weighted by Crippen LogP contribution is 2.18. The summed E-state index contributed by atoms with van der Waals surface area (Å²) >= 11 is 0. The molecule has 0 saturated carbocycles. The normalized spacial score (nSPS) is 10.6. The fourth-order valence-corrected chi connectivity index (χ4v) is 1.76. The van der Waals surface area contributed by atoms with Gasteiger partial charge in [0.15, 0.2) is 0 Å². The van der Waals surface area contributed by atoms with Crippen molar-refractivity contribution in [2.45, 2.75) is 0 Å². The minimum Gasteiger partial charge on any atom is -0.401 e. The predicted molar refractivity (Wildman–Crippen MR) is 70.9 cm³/mol. The average molecular weight is 287 g/mol. The Morgan fingerprint density at radius 3 is 2.90 bits per heavy atom. The zero-order valence-corrected chi connectivity index (χ0v) is 10.9. The zero-order valence-electron chi connectivity index (χ0n) is 10.9. The first kappa shape index (κ1) is 13.0. The van der Waals surface area contributed by atoms with Gasteiger partial charge in [-0.15, -0.1) is 5.10 Å². The molecule has 3 rings (SSSR count). The first-order valence-corrected chi connectivity index (χ1v) is 6.02. The van der Waals surface area contributed by atoms with Crippen LogP contribution >= 0.6 is 0 Å². The molecule has 0 aliphatic rings. The van der Waals surface area contributed by atoms with Crippen LogP contribution in [0.3, 0.4) is 0 Å². The van der Waals surface area contributed by atoms with Crippen molar-refractivity contribution < 1.29 is 13.6 Å². The maximum Gasteiger partial charge on any atom is 0.322 e. The van der Waals surface area contributed by atoms with Gasteiger partial charge < -0.3 is 4.42 Å². The number of carbonyl (C=O) groups excluding carboxylic acids is 1. The number of rotatable bonds is 3. The van der Waals surface area contributed by atoms with Crippen LogP contribution in [-0.4, -0.2) is 25.9 Å². The Hall–Kier alpha value is -3.03. The number of aromatic nitrogens is 4. The molecule has 21 heavy (non-hydrogen) atoms. The van der Waals surface area contributed by atoms with E-state index in [4.69, 9.17) is 4.42 Å². The van der Waals surface area contributed by atoms with Gasteiger partial charge in [-0.1, -0.05) is 11.2 Å². The summed E-state index contributed by atoms with van der Waals surface area (Å²) in [5.41, 5.74) is 0.782. The molecule has 0 aliphatic carbocycles. The van der Waals surface area contributed by atoms with Gasteiger partial charge in [0, 0.05) is 18.8 Å². The lowest BCUT2D eigenvalue weighted by Gasteiger charge is -2.00. The van der Waals surface area contributed by atoms with E-state index in [0.717, 1.165) is 6.07 Å². The third-order valence-electron chi connectivity index (χ3n) is 2.77. The van der Waals surface area contributed by atoms with E-state index in [2.05, 4.69) is 20.6 Å². The molecule has 2 aromatic heterocycles. The van der Waals surface area contributed by atoms with Crippen molar-refractivity contribution in [3.63, 3.8) is 0 Å². The molecule has 1 amide bonds. The number of halogens is 1. The standard InChI is InChI=1S/C13H10FN5O2/c1-19-10(5-6-15-19)12-17-18-13(21-12)16-11(20)8-3-2-4-9(14)7-8/h2-7H,1H3,(H,16,18,20). The summed E-state index contributed by atoms with van der Waals surface area (Å²) < 4.78 is 19.9. The van der Waals surface area contributed by atoms with Gasteiger partial charge in [0.2, 0.25) is 0 Å². The lowest BCUT2D eigenvalue weighted by atomic mass is 10.2. The quantitative estimate of drug-likeness (QED) is 0.794. The fraction of sp³-hybridized carbons (Fsp3) is 0.0769. The van der Waals surface area contributed by atoms with Gasteiger partial charge >= 0.3 is 6.01 Å². The number of anilines is 1. The van der Waals surface area contributed by atoms with Gasteiger partial charge in [-0.05, 0) is 24.3 Å². The summed E-state index contributed by atoms with van der Waals surface area (Å²) in [6.45, 7) is 0. The molecule has 0 aliphatic heterocycles. The first-order chi connectivity index (χ1) is 10.1. The molecule has 0 unspecified atom stereocenters. The number of hydrogen-bond donors (Lipinski definition) is 1. The summed E-state index contributed by atoms with van der Waals surface area (Å²) in [5, 5.41) is 13.9. The summed E-state index contributed by atoms with van der Waals surface area (Å²) in [7, 11) is 1.73. The molecule has 106 valence electrons. The number of nitrogens with one attached hydrogen (secondary N) is 1. The van der Waals surface area contributed by atoms with Crippen molar-refractivity contribution >= 4 is 11.9 Å². The summed E-state index contributed by atoms with van der Waals surface area (Å²) in [4.78, 5) is 11.9. The van der Waals surface area contributed by atoms with Crippen LogP contribution in [-0.2, 0) is 7.05 Å². The molecule has 1 N–H and O–H groups in total. The average Bonchev–Trinajstić information content (AvgIpc) is 3.07. The highest BCUT2D eigenvalue weighted by molar-refractivity contribution is 6.03. The first-order valence-electron chi connectivity index (χ1n) is 6.02. The Kier molecular flexibility index (Phi) is 3.19. The molecule has 1 aromatic carbocycles. The molecule has 0 saturated heterocycles. The zero-order chi connectivity index (χ0) is 14.8. The van der Waals surface area contributed by atoms with Gasteiger partial charge in [0.25, 0.3) is 11.8 Å². The fourth-order valence-electron chi connectivity index (χ4n) is 1.76. The molecule has 0 fully saturated rings. The molecule has 7 nitrogen and oxygen atoms in total. The molecular weight excluding hydrogens is 277 g/mol. The van der Waals surface area contributed by atoms with Crippen LogP contribution in [0.1, 0.15) is 10.4 Å². The lowest BCUT2D eigenvalue weighted by molar-refractivity contribution is 0.102. The molecule has 8 heteroatoms. The van der Waals surface area contributed by atoms with E-state index in [-0.39, 0.29) is 17.5 Å². The van der Waals surface area contributed by atoms with Crippen LogP contribution in [0.25, 0.3) is 11.6 Å². The Balaban J connectivity index is 1.79. The van der Waals surface area contributed by atoms with Crippen molar-refractivity contribution in [3.05, 3.63) is 47.9 Å². The molecule has 0 atom stereocenters. The topological polar surface area (TPSA) is 85.8 Å². The summed E-state index contributed by atoms with van der Waals surface area (Å²) in [6.07, 6.45) is 1.59. The van der Waals surface area contributed by atoms with E-state index in [9.17, 15) is 9.18 Å². The number of benzene rings is 1. The second-order valence-electron chi connectivity index (χ2n) is 4.22. The molecule has 3 aromatic rings. The van der Waals surface area contributed by atoms with Crippen molar-refractivity contribution in [2.75, 3.05) is 5.32 Å². The molecule has 0 radical (unpaired) electrons. The highest BCUT2D eigenvalue weighted by Gasteiger charge is 2.14. The van der Waals surface area contributed by atoms with E-state index in [1.807, 2.05) is 0 Å². The molecule has 2 heterocycles. The molecule has 0 bridgehead atoms. The third kappa shape index (κ3) is 2.64. The predicted octanol–water partition coefficient (Wildman–Crippen LogP) is 1.86. The van der Waals surface area contributed by atoms with Crippen LogP contribution in [0.5, 0.6) is 0 Å². The Morgan fingerprint density at radius 2 is 2.19 bits per heavy atom. The van der Waals surface area contributed by atoms with Crippen molar-refractivity contribution in [1.29, 1.82) is 0 Å². The van der Waals surface area contributed by atoms with E-state index >= 15 is 0 Å². The van der Waals surface area contributed by atoms with E-state index in [1.54, 1.807) is 24.0 Å². The monoisotopic (exact) mass is 287 g/mol. The third-order valence-corrected chi connectivity index (χ3v) is 2.77. The van der Waals surface area contributed by atoms with Gasteiger partial charge in [-0.3, -0.25) is 14.8 Å². The summed E-state index contributed by atoms with van der Waals surface area (Å²) in [5.74, 6) is -0.803. The van der Waals surface area contributed by atoms with E-state index in [0.29, 0.717) is 5.69 Å². The minimum absolute atomic E-state index is 0.0690.